The zero-order valence-electron chi connectivity index (χ0n) is 17.8. The Labute approximate surface area is 188 Å². The molecule has 0 aliphatic rings. The molecule has 5 heteroatoms. The first kappa shape index (κ1) is 22.6. The lowest BCUT2D eigenvalue weighted by Gasteiger charge is -2.31. The van der Waals surface area contributed by atoms with Crippen LogP contribution in [0.15, 0.2) is 78.9 Å². The molecule has 0 spiro atoms. The molecule has 0 unspecified atom stereocenters. The Bertz CT molecular complexity index is 1020. The molecule has 0 saturated carbocycles. The third-order valence-corrected chi connectivity index (χ3v) is 5.47. The van der Waals surface area contributed by atoms with Crippen LogP contribution in [0.3, 0.4) is 0 Å². The van der Waals surface area contributed by atoms with Crippen molar-refractivity contribution in [2.24, 2.45) is 0 Å². The van der Waals surface area contributed by atoms with Gasteiger partial charge in [0, 0.05) is 25.0 Å². The van der Waals surface area contributed by atoms with Crippen molar-refractivity contribution in [3.8, 4) is 0 Å². The van der Waals surface area contributed by atoms with Gasteiger partial charge in [-0.3, -0.25) is 9.59 Å². The normalized spacial score (nSPS) is 11.6. The summed E-state index contributed by atoms with van der Waals surface area (Å²) in [5.41, 5.74) is 3.97. The molecule has 3 aromatic carbocycles. The molecule has 0 heterocycles. The molecule has 0 bridgehead atoms. The maximum Gasteiger partial charge on any atom is 0.242 e. The minimum atomic E-state index is -0.618. The zero-order valence-corrected chi connectivity index (χ0v) is 18.6. The fourth-order valence-electron chi connectivity index (χ4n) is 3.61. The molecule has 0 aliphatic heterocycles. The standard InChI is InChI=1S/C26H27ClN2O2/c1-19-7-6-10-22(15-19)18-29(25(30)17-21-11-13-23(27)14-12-21)24(26(31)28-2)16-20-8-4-3-5-9-20/h3-15,24H,16-18H2,1-2H3,(H,28,31)/t24-/m0/s1. The van der Waals surface area contributed by atoms with Crippen molar-refractivity contribution < 1.29 is 9.59 Å². The summed E-state index contributed by atoms with van der Waals surface area (Å²) >= 11 is 5.99. The van der Waals surface area contributed by atoms with Crippen LogP contribution in [0.25, 0.3) is 0 Å². The molecule has 0 saturated heterocycles. The number of carbonyl (C=O) groups is 2. The van der Waals surface area contributed by atoms with Gasteiger partial charge in [0.05, 0.1) is 6.42 Å². The van der Waals surface area contributed by atoms with Crippen molar-refractivity contribution >= 4 is 23.4 Å². The average Bonchev–Trinajstić information content (AvgIpc) is 2.78. The number of nitrogens with zero attached hydrogens (tertiary/aromatic N) is 1. The molecular weight excluding hydrogens is 408 g/mol. The highest BCUT2D eigenvalue weighted by molar-refractivity contribution is 6.30. The fourth-order valence-corrected chi connectivity index (χ4v) is 3.73. The molecule has 0 aromatic heterocycles. The van der Waals surface area contributed by atoms with Crippen LogP contribution < -0.4 is 5.32 Å². The summed E-state index contributed by atoms with van der Waals surface area (Å²) in [6, 6.07) is 24.4. The molecule has 3 aromatic rings. The van der Waals surface area contributed by atoms with Crippen molar-refractivity contribution in [3.63, 3.8) is 0 Å². The number of carbonyl (C=O) groups excluding carboxylic acids is 2. The van der Waals surface area contributed by atoms with Crippen LogP contribution in [0, 0.1) is 6.92 Å². The van der Waals surface area contributed by atoms with E-state index in [9.17, 15) is 9.59 Å². The van der Waals surface area contributed by atoms with Gasteiger partial charge in [0.2, 0.25) is 11.8 Å². The second kappa shape index (κ2) is 10.8. The Morgan fingerprint density at radius 3 is 2.23 bits per heavy atom. The van der Waals surface area contributed by atoms with Crippen molar-refractivity contribution in [1.29, 1.82) is 0 Å². The van der Waals surface area contributed by atoms with Gasteiger partial charge in [-0.25, -0.2) is 0 Å². The highest BCUT2D eigenvalue weighted by atomic mass is 35.5. The van der Waals surface area contributed by atoms with Gasteiger partial charge in [-0.05, 0) is 35.7 Å². The predicted octanol–water partition coefficient (Wildman–Crippen LogP) is 4.58. The molecule has 2 amide bonds. The number of hydrogen-bond donors (Lipinski definition) is 1. The number of amides is 2. The van der Waals surface area contributed by atoms with E-state index in [1.165, 1.54) is 0 Å². The summed E-state index contributed by atoms with van der Waals surface area (Å²) in [5.74, 6) is -0.283. The Morgan fingerprint density at radius 2 is 1.58 bits per heavy atom. The van der Waals surface area contributed by atoms with E-state index < -0.39 is 6.04 Å². The second-order valence-electron chi connectivity index (χ2n) is 7.63. The van der Waals surface area contributed by atoms with Gasteiger partial charge < -0.3 is 10.2 Å². The van der Waals surface area contributed by atoms with Crippen molar-refractivity contribution in [3.05, 3.63) is 106 Å². The van der Waals surface area contributed by atoms with Crippen LogP contribution in [-0.2, 0) is 29.0 Å². The average molecular weight is 435 g/mol. The van der Waals surface area contributed by atoms with Crippen LogP contribution in [0.5, 0.6) is 0 Å². The number of halogens is 1. The van der Waals surface area contributed by atoms with Gasteiger partial charge in [-0.15, -0.1) is 0 Å². The lowest BCUT2D eigenvalue weighted by molar-refractivity contribution is -0.140. The Hall–Kier alpha value is -3.11. The smallest absolute Gasteiger partial charge is 0.242 e. The van der Waals surface area contributed by atoms with Crippen molar-refractivity contribution in [1.82, 2.24) is 10.2 Å². The van der Waals surface area contributed by atoms with E-state index in [0.29, 0.717) is 18.0 Å². The van der Waals surface area contributed by atoms with E-state index >= 15 is 0 Å². The summed E-state index contributed by atoms with van der Waals surface area (Å²) in [5, 5.41) is 3.36. The van der Waals surface area contributed by atoms with Gasteiger partial charge in [-0.2, -0.15) is 0 Å². The van der Waals surface area contributed by atoms with Crippen molar-refractivity contribution in [2.45, 2.75) is 32.4 Å². The summed E-state index contributed by atoms with van der Waals surface area (Å²) < 4.78 is 0. The first-order chi connectivity index (χ1) is 15.0. The van der Waals surface area contributed by atoms with E-state index in [2.05, 4.69) is 5.32 Å². The Morgan fingerprint density at radius 1 is 0.903 bits per heavy atom. The number of nitrogens with one attached hydrogen (secondary N) is 1. The highest BCUT2D eigenvalue weighted by Gasteiger charge is 2.29. The first-order valence-electron chi connectivity index (χ1n) is 10.3. The fraction of sp³-hybridized carbons (Fsp3) is 0.231. The lowest BCUT2D eigenvalue weighted by atomic mass is 10.0. The zero-order chi connectivity index (χ0) is 22.2. The van der Waals surface area contributed by atoms with Crippen LogP contribution in [0.1, 0.15) is 22.3 Å². The largest absolute Gasteiger partial charge is 0.357 e. The molecule has 3 rings (SSSR count). The predicted molar refractivity (Wildman–Crippen MR) is 125 cm³/mol. The summed E-state index contributed by atoms with van der Waals surface area (Å²) in [4.78, 5) is 28.0. The number of benzene rings is 3. The summed E-state index contributed by atoms with van der Waals surface area (Å²) in [6.07, 6.45) is 0.643. The third kappa shape index (κ3) is 6.43. The molecule has 31 heavy (non-hydrogen) atoms. The molecule has 1 N–H and O–H groups in total. The number of hydrogen-bond acceptors (Lipinski definition) is 2. The maximum atomic E-state index is 13.5. The lowest BCUT2D eigenvalue weighted by Crippen LogP contribution is -2.50. The third-order valence-electron chi connectivity index (χ3n) is 5.22. The van der Waals surface area contributed by atoms with Gasteiger partial charge >= 0.3 is 0 Å². The van der Waals surface area contributed by atoms with E-state index in [-0.39, 0.29) is 18.2 Å². The molecule has 0 radical (unpaired) electrons. The van der Waals surface area contributed by atoms with Crippen LogP contribution in [0.2, 0.25) is 5.02 Å². The van der Waals surface area contributed by atoms with Crippen LogP contribution >= 0.6 is 11.6 Å². The minimum Gasteiger partial charge on any atom is -0.357 e. The van der Waals surface area contributed by atoms with Gasteiger partial charge in [0.15, 0.2) is 0 Å². The van der Waals surface area contributed by atoms with E-state index in [1.54, 1.807) is 24.1 Å². The van der Waals surface area contributed by atoms with Crippen molar-refractivity contribution in [2.75, 3.05) is 7.05 Å². The molecule has 0 fully saturated rings. The summed E-state index contributed by atoms with van der Waals surface area (Å²) in [6.45, 7) is 2.38. The highest BCUT2D eigenvalue weighted by Crippen LogP contribution is 2.18. The minimum absolute atomic E-state index is 0.103. The van der Waals surface area contributed by atoms with Crippen LogP contribution in [-0.4, -0.2) is 29.8 Å². The van der Waals surface area contributed by atoms with E-state index in [1.807, 2.05) is 73.7 Å². The first-order valence-corrected chi connectivity index (χ1v) is 10.7. The number of aryl methyl sites for hydroxylation is 1. The summed E-state index contributed by atoms with van der Waals surface area (Å²) in [7, 11) is 1.61. The van der Waals surface area contributed by atoms with E-state index in [0.717, 1.165) is 22.3 Å². The molecule has 160 valence electrons. The van der Waals surface area contributed by atoms with Gasteiger partial charge in [-0.1, -0.05) is 83.9 Å². The topological polar surface area (TPSA) is 49.4 Å². The SMILES string of the molecule is CNC(=O)[C@H](Cc1ccccc1)N(Cc1cccc(C)c1)C(=O)Cc1ccc(Cl)cc1. The molecule has 0 aliphatic carbocycles. The number of likely N-dealkylation sites (N-methyl/N-ethyl adjacent to an activating group) is 1. The van der Waals surface area contributed by atoms with Gasteiger partial charge in [0.1, 0.15) is 6.04 Å². The second-order valence-corrected chi connectivity index (χ2v) is 8.07. The molecule has 1 atom stereocenters. The monoisotopic (exact) mass is 434 g/mol. The Balaban J connectivity index is 1.93. The Kier molecular flexibility index (Phi) is 7.85. The van der Waals surface area contributed by atoms with Gasteiger partial charge in [0.25, 0.3) is 0 Å². The number of rotatable bonds is 8. The van der Waals surface area contributed by atoms with Crippen LogP contribution in [0.4, 0.5) is 0 Å². The van der Waals surface area contributed by atoms with E-state index in [4.69, 9.17) is 11.6 Å². The maximum absolute atomic E-state index is 13.5. The quantitative estimate of drug-likeness (QED) is 0.564. The molecule has 4 nitrogen and oxygen atoms in total. The molecular formula is C26H27ClN2O2.